The molecule has 1 saturated heterocycles. The molecule has 0 aromatic rings. The van der Waals surface area contributed by atoms with Gasteiger partial charge in [-0.05, 0) is 31.6 Å². The van der Waals surface area contributed by atoms with Crippen LogP contribution in [0.2, 0.25) is 0 Å². The summed E-state index contributed by atoms with van der Waals surface area (Å²) < 4.78 is 73.1. The smallest absolute Gasteiger partial charge is 0.311 e. The van der Waals surface area contributed by atoms with Gasteiger partial charge in [0.25, 0.3) is 0 Å². The van der Waals surface area contributed by atoms with E-state index in [-0.39, 0.29) is 18.5 Å². The van der Waals surface area contributed by atoms with Gasteiger partial charge in [-0.25, -0.2) is 0 Å². The fraction of sp³-hybridized carbons (Fsp3) is 0.818. The van der Waals surface area contributed by atoms with Crippen molar-refractivity contribution in [2.24, 2.45) is 5.92 Å². The molecule has 2 fully saturated rings. The first-order valence-electron chi connectivity index (χ1n) is 5.78. The molecule has 0 spiro atoms. The van der Waals surface area contributed by atoms with E-state index in [9.17, 15) is 26.3 Å². The van der Waals surface area contributed by atoms with E-state index in [0.29, 0.717) is 18.4 Å². The number of halogens is 6. The molecule has 1 aliphatic carbocycles. The first-order chi connectivity index (χ1) is 8.18. The van der Waals surface area contributed by atoms with Crippen molar-refractivity contribution in [1.29, 1.82) is 0 Å². The van der Waals surface area contributed by atoms with E-state index in [1.54, 1.807) is 0 Å². The maximum atomic E-state index is 12.2. The van der Waals surface area contributed by atoms with Crippen LogP contribution >= 0.6 is 0 Å². The largest absolute Gasteiger partial charge is 0.420 e. The molecule has 0 radical (unpaired) electrons. The molecule has 2 aliphatic rings. The molecule has 1 aliphatic heterocycles. The third-order valence-electron chi connectivity index (χ3n) is 3.43. The van der Waals surface area contributed by atoms with Crippen LogP contribution in [0.25, 0.3) is 0 Å². The summed E-state index contributed by atoms with van der Waals surface area (Å²) in [6.45, 7) is 0. The molecule has 0 aromatic carbocycles. The Morgan fingerprint density at radius 2 is 1.67 bits per heavy atom. The second kappa shape index (κ2) is 4.43. The quantitative estimate of drug-likeness (QED) is 0.612. The first kappa shape index (κ1) is 13.7. The van der Waals surface area contributed by atoms with Crippen LogP contribution in [-0.2, 0) is 0 Å². The van der Waals surface area contributed by atoms with Gasteiger partial charge >= 0.3 is 12.4 Å². The number of allylic oxidation sites excluding steroid dienone is 2. The average Bonchev–Trinajstić information content (AvgIpc) is 2.77. The Labute approximate surface area is 100 Å². The maximum Gasteiger partial charge on any atom is 0.420 e. The van der Waals surface area contributed by atoms with Gasteiger partial charge in [-0.15, -0.1) is 0 Å². The van der Waals surface area contributed by atoms with E-state index in [1.807, 2.05) is 0 Å². The van der Waals surface area contributed by atoms with Crippen molar-refractivity contribution >= 4 is 0 Å². The lowest BCUT2D eigenvalue weighted by Gasteiger charge is -2.16. The molecule has 2 rings (SSSR count). The van der Waals surface area contributed by atoms with Crippen molar-refractivity contribution in [2.45, 2.75) is 50.1 Å². The Morgan fingerprint density at radius 3 is 2.11 bits per heavy atom. The predicted molar refractivity (Wildman–Crippen MR) is 52.9 cm³/mol. The van der Waals surface area contributed by atoms with Crippen molar-refractivity contribution < 1.29 is 26.3 Å². The van der Waals surface area contributed by atoms with E-state index in [2.05, 4.69) is 5.32 Å². The zero-order chi connectivity index (χ0) is 13.6. The van der Waals surface area contributed by atoms with Crippen LogP contribution in [0, 0.1) is 5.92 Å². The molecule has 3 unspecified atom stereocenters. The molecule has 104 valence electrons. The molecule has 1 saturated carbocycles. The number of alkyl halides is 6. The molecular formula is C11H13F6N. The van der Waals surface area contributed by atoms with Crippen LogP contribution in [0.15, 0.2) is 11.6 Å². The van der Waals surface area contributed by atoms with E-state index >= 15 is 0 Å². The van der Waals surface area contributed by atoms with Crippen LogP contribution in [-0.4, -0.2) is 24.4 Å². The Bertz CT molecular complexity index is 316. The van der Waals surface area contributed by atoms with Gasteiger partial charge in [0.15, 0.2) is 0 Å². The molecule has 1 heterocycles. The van der Waals surface area contributed by atoms with Gasteiger partial charge in [-0.1, -0.05) is 6.08 Å². The lowest BCUT2D eigenvalue weighted by molar-refractivity contribution is -0.172. The predicted octanol–water partition coefficient (Wildman–Crippen LogP) is 3.57. The maximum absolute atomic E-state index is 12.2. The van der Waals surface area contributed by atoms with Gasteiger partial charge in [0.2, 0.25) is 0 Å². The second-order valence-electron chi connectivity index (χ2n) is 4.89. The van der Waals surface area contributed by atoms with E-state index in [4.69, 9.17) is 0 Å². The normalized spacial score (nSPS) is 31.1. The fourth-order valence-corrected chi connectivity index (χ4v) is 2.47. The lowest BCUT2D eigenvalue weighted by Crippen LogP contribution is -2.27. The first-order valence-corrected chi connectivity index (χ1v) is 5.78. The van der Waals surface area contributed by atoms with Crippen molar-refractivity contribution in [3.05, 3.63) is 11.6 Å². The van der Waals surface area contributed by atoms with E-state index in [1.165, 1.54) is 0 Å². The standard InChI is InChI=1S/C11H13F6N/c12-10(13,14)9(11(15,16)17)3-1-2-7-4-6-5-8(6)18-7/h3,6-8,18H,1-2,4-5H2. The van der Waals surface area contributed by atoms with Crippen molar-refractivity contribution in [2.75, 3.05) is 0 Å². The van der Waals surface area contributed by atoms with E-state index < -0.39 is 17.9 Å². The highest BCUT2D eigenvalue weighted by atomic mass is 19.4. The molecule has 1 nitrogen and oxygen atoms in total. The zero-order valence-corrected chi connectivity index (χ0v) is 9.41. The summed E-state index contributed by atoms with van der Waals surface area (Å²) >= 11 is 0. The highest BCUT2D eigenvalue weighted by Gasteiger charge is 2.50. The Kier molecular flexibility index (Phi) is 3.38. The summed E-state index contributed by atoms with van der Waals surface area (Å²) in [5, 5.41) is 3.19. The highest BCUT2D eigenvalue weighted by molar-refractivity contribution is 5.15. The van der Waals surface area contributed by atoms with Crippen LogP contribution in [0.5, 0.6) is 0 Å². The van der Waals surface area contributed by atoms with Gasteiger partial charge in [-0.2, -0.15) is 26.3 Å². The van der Waals surface area contributed by atoms with Crippen LogP contribution in [0.1, 0.15) is 25.7 Å². The SMILES string of the molecule is FC(F)(F)C(=CCCC1CC2CC2N1)C(F)(F)F. The molecule has 0 bridgehead atoms. The summed E-state index contributed by atoms with van der Waals surface area (Å²) in [7, 11) is 0. The number of fused-ring (bicyclic) bond motifs is 1. The van der Waals surface area contributed by atoms with E-state index in [0.717, 1.165) is 12.8 Å². The third-order valence-corrected chi connectivity index (χ3v) is 3.43. The van der Waals surface area contributed by atoms with Gasteiger partial charge in [0.05, 0.1) is 0 Å². The van der Waals surface area contributed by atoms with Crippen LogP contribution < -0.4 is 5.32 Å². The Hall–Kier alpha value is -0.720. The van der Waals surface area contributed by atoms with Crippen molar-refractivity contribution in [3.63, 3.8) is 0 Å². The minimum Gasteiger partial charge on any atom is -0.311 e. The number of nitrogens with one attached hydrogen (secondary N) is 1. The van der Waals surface area contributed by atoms with Crippen LogP contribution in [0.4, 0.5) is 26.3 Å². The zero-order valence-electron chi connectivity index (χ0n) is 9.41. The van der Waals surface area contributed by atoms with Crippen LogP contribution in [0.3, 0.4) is 0 Å². The summed E-state index contributed by atoms with van der Waals surface area (Å²) in [5.74, 6) is 0.587. The molecule has 0 aromatic heterocycles. The minimum absolute atomic E-state index is 0.0627. The highest BCUT2D eigenvalue weighted by Crippen LogP contribution is 2.42. The molecule has 18 heavy (non-hydrogen) atoms. The van der Waals surface area contributed by atoms with Crippen molar-refractivity contribution in [1.82, 2.24) is 5.32 Å². The molecular weight excluding hydrogens is 260 g/mol. The summed E-state index contributed by atoms with van der Waals surface area (Å²) in [6, 6.07) is 0.511. The third kappa shape index (κ3) is 3.18. The fourth-order valence-electron chi connectivity index (χ4n) is 2.47. The molecule has 1 N–H and O–H groups in total. The number of hydrogen-bond acceptors (Lipinski definition) is 1. The average molecular weight is 273 g/mol. The summed E-state index contributed by atoms with van der Waals surface area (Å²) in [6.07, 6.45) is -8.32. The molecule has 7 heteroatoms. The number of rotatable bonds is 3. The number of piperidine rings is 1. The summed E-state index contributed by atoms with van der Waals surface area (Å²) in [5.41, 5.74) is -2.39. The van der Waals surface area contributed by atoms with Gasteiger partial charge in [-0.3, -0.25) is 0 Å². The van der Waals surface area contributed by atoms with Gasteiger partial charge in [0.1, 0.15) is 5.57 Å². The van der Waals surface area contributed by atoms with Crippen molar-refractivity contribution in [3.8, 4) is 0 Å². The lowest BCUT2D eigenvalue weighted by atomic mass is 10.1. The number of hydrogen-bond donors (Lipinski definition) is 1. The second-order valence-corrected chi connectivity index (χ2v) is 4.89. The summed E-state index contributed by atoms with van der Waals surface area (Å²) in [4.78, 5) is 0. The topological polar surface area (TPSA) is 12.0 Å². The Balaban J connectivity index is 1.88. The minimum atomic E-state index is -5.33. The van der Waals surface area contributed by atoms with Gasteiger partial charge < -0.3 is 5.32 Å². The monoisotopic (exact) mass is 273 g/mol. The molecule has 3 atom stereocenters. The molecule has 0 amide bonds. The Morgan fingerprint density at radius 1 is 1.06 bits per heavy atom. The van der Waals surface area contributed by atoms with Gasteiger partial charge in [0, 0.05) is 12.1 Å².